The molecule has 0 bridgehead atoms. The van der Waals surface area contributed by atoms with Crippen LogP contribution in [0.4, 0.5) is 0 Å². The number of hydrogen-bond donors (Lipinski definition) is 0. The first kappa shape index (κ1) is 16.3. The molecule has 4 heteroatoms. The van der Waals surface area contributed by atoms with E-state index in [2.05, 4.69) is 20.8 Å². The molecule has 1 heterocycles. The van der Waals surface area contributed by atoms with Gasteiger partial charge in [0.15, 0.2) is 0 Å². The number of carbonyl (C=O) groups is 2. The van der Waals surface area contributed by atoms with E-state index in [1.54, 1.807) is 6.92 Å². The Labute approximate surface area is 131 Å². The van der Waals surface area contributed by atoms with Crippen molar-refractivity contribution in [3.05, 3.63) is 41.0 Å². The van der Waals surface area contributed by atoms with Crippen LogP contribution in [-0.2, 0) is 24.5 Å². The molecule has 0 spiro atoms. The van der Waals surface area contributed by atoms with Crippen LogP contribution in [-0.4, -0.2) is 17.7 Å². The molecule has 1 aromatic carbocycles. The van der Waals surface area contributed by atoms with Crippen LogP contribution >= 0.6 is 0 Å². The fourth-order valence-corrected chi connectivity index (χ4v) is 2.32. The Balaban J connectivity index is 2.48. The molecule has 0 aliphatic carbocycles. The van der Waals surface area contributed by atoms with E-state index < -0.39 is 17.7 Å². The Kier molecular flexibility index (Phi) is 3.90. The molecular formula is C18H22O4. The summed E-state index contributed by atoms with van der Waals surface area (Å²) in [5.41, 5.74) is 2.46. The molecule has 1 aliphatic heterocycles. The molecule has 2 rings (SSSR count). The zero-order valence-electron chi connectivity index (χ0n) is 13.9. The van der Waals surface area contributed by atoms with Gasteiger partial charge in [-0.3, -0.25) is 0 Å². The summed E-state index contributed by atoms with van der Waals surface area (Å²) in [6, 6.07) is 7.81. The number of cyclic esters (lactones) is 2. The molecule has 118 valence electrons. The Morgan fingerprint density at radius 3 is 2.09 bits per heavy atom. The van der Waals surface area contributed by atoms with Crippen LogP contribution in [0.2, 0.25) is 0 Å². The van der Waals surface area contributed by atoms with E-state index in [9.17, 15) is 9.59 Å². The molecule has 0 radical (unpaired) electrons. The van der Waals surface area contributed by atoms with Gasteiger partial charge in [0.25, 0.3) is 5.79 Å². The maximum absolute atomic E-state index is 12.1. The first-order valence-electron chi connectivity index (χ1n) is 7.30. The van der Waals surface area contributed by atoms with Gasteiger partial charge in [-0.05, 0) is 29.0 Å². The lowest BCUT2D eigenvalue weighted by Crippen LogP contribution is -2.42. The average molecular weight is 302 g/mol. The smallest absolute Gasteiger partial charge is 0.349 e. The number of allylic oxidation sites excluding steroid dienone is 1. The number of ether oxygens (including phenoxy) is 2. The lowest BCUT2D eigenvalue weighted by Gasteiger charge is -2.30. The topological polar surface area (TPSA) is 52.6 Å². The molecule has 1 fully saturated rings. The van der Waals surface area contributed by atoms with Crippen molar-refractivity contribution < 1.29 is 19.1 Å². The summed E-state index contributed by atoms with van der Waals surface area (Å²) in [4.78, 5) is 24.3. The standard InChI is InChI=1S/C18H22O4/c1-11(12-8-7-9-13(10-12)17(2,3)4)14-15(19)21-18(5,6)22-16(14)20/h7-10H,1-6H3. The van der Waals surface area contributed by atoms with Crippen molar-refractivity contribution in [2.45, 2.75) is 52.7 Å². The van der Waals surface area contributed by atoms with Crippen molar-refractivity contribution in [2.24, 2.45) is 0 Å². The summed E-state index contributed by atoms with van der Waals surface area (Å²) in [5, 5.41) is 0. The fourth-order valence-electron chi connectivity index (χ4n) is 2.32. The summed E-state index contributed by atoms with van der Waals surface area (Å²) in [6.07, 6.45) is 0. The zero-order chi connectivity index (χ0) is 16.7. The molecule has 0 unspecified atom stereocenters. The van der Waals surface area contributed by atoms with Crippen LogP contribution < -0.4 is 0 Å². The molecule has 0 aromatic heterocycles. The molecule has 1 aliphatic rings. The van der Waals surface area contributed by atoms with Gasteiger partial charge in [-0.2, -0.15) is 0 Å². The molecule has 0 atom stereocenters. The van der Waals surface area contributed by atoms with Gasteiger partial charge in [-0.15, -0.1) is 0 Å². The van der Waals surface area contributed by atoms with E-state index in [4.69, 9.17) is 9.47 Å². The lowest BCUT2D eigenvalue weighted by atomic mass is 9.85. The fraction of sp³-hybridized carbons (Fsp3) is 0.444. The minimum Gasteiger partial charge on any atom is -0.419 e. The van der Waals surface area contributed by atoms with Gasteiger partial charge in [0.1, 0.15) is 5.57 Å². The summed E-state index contributed by atoms with van der Waals surface area (Å²) in [6.45, 7) is 11.1. The molecular weight excluding hydrogens is 280 g/mol. The van der Waals surface area contributed by atoms with E-state index in [0.717, 1.165) is 11.1 Å². The van der Waals surface area contributed by atoms with Gasteiger partial charge >= 0.3 is 11.9 Å². The molecule has 0 saturated carbocycles. The summed E-state index contributed by atoms with van der Waals surface area (Å²) < 4.78 is 10.3. The predicted molar refractivity (Wildman–Crippen MR) is 84.0 cm³/mol. The van der Waals surface area contributed by atoms with Crippen molar-refractivity contribution in [3.8, 4) is 0 Å². The number of hydrogen-bond acceptors (Lipinski definition) is 4. The van der Waals surface area contributed by atoms with Crippen LogP contribution in [0.1, 0.15) is 52.7 Å². The summed E-state index contributed by atoms with van der Waals surface area (Å²) in [7, 11) is 0. The monoisotopic (exact) mass is 302 g/mol. The first-order valence-corrected chi connectivity index (χ1v) is 7.30. The largest absolute Gasteiger partial charge is 0.419 e. The molecule has 22 heavy (non-hydrogen) atoms. The van der Waals surface area contributed by atoms with Crippen LogP contribution in [0.25, 0.3) is 5.57 Å². The predicted octanol–water partition coefficient (Wildman–Crippen LogP) is 3.59. The number of rotatable bonds is 1. The van der Waals surface area contributed by atoms with E-state index >= 15 is 0 Å². The van der Waals surface area contributed by atoms with Gasteiger partial charge < -0.3 is 9.47 Å². The maximum Gasteiger partial charge on any atom is 0.349 e. The van der Waals surface area contributed by atoms with Crippen LogP contribution in [0.3, 0.4) is 0 Å². The molecule has 0 amide bonds. The van der Waals surface area contributed by atoms with Crippen LogP contribution in [0, 0.1) is 0 Å². The summed E-state index contributed by atoms with van der Waals surface area (Å²) >= 11 is 0. The van der Waals surface area contributed by atoms with Gasteiger partial charge in [0.05, 0.1) is 0 Å². The molecule has 0 N–H and O–H groups in total. The van der Waals surface area contributed by atoms with Crippen LogP contribution in [0.15, 0.2) is 29.8 Å². The Morgan fingerprint density at radius 1 is 1.05 bits per heavy atom. The van der Waals surface area contributed by atoms with Crippen LogP contribution in [0.5, 0.6) is 0 Å². The normalized spacial score (nSPS) is 17.8. The molecule has 4 nitrogen and oxygen atoms in total. The highest BCUT2D eigenvalue weighted by atomic mass is 16.7. The average Bonchev–Trinajstić information content (AvgIpc) is 2.35. The second-order valence-corrected chi connectivity index (χ2v) is 7.01. The Morgan fingerprint density at radius 2 is 1.59 bits per heavy atom. The van der Waals surface area contributed by atoms with Crippen molar-refractivity contribution in [3.63, 3.8) is 0 Å². The zero-order valence-corrected chi connectivity index (χ0v) is 13.9. The second kappa shape index (κ2) is 5.27. The van der Waals surface area contributed by atoms with Gasteiger partial charge in [-0.25, -0.2) is 9.59 Å². The highest BCUT2D eigenvalue weighted by Crippen LogP contribution is 2.30. The van der Waals surface area contributed by atoms with Crippen molar-refractivity contribution in [1.29, 1.82) is 0 Å². The number of benzene rings is 1. The molecule has 1 aromatic rings. The second-order valence-electron chi connectivity index (χ2n) is 7.01. The van der Waals surface area contributed by atoms with Gasteiger partial charge in [-0.1, -0.05) is 45.0 Å². The highest BCUT2D eigenvalue weighted by Gasteiger charge is 2.40. The third-order valence-electron chi connectivity index (χ3n) is 3.62. The van der Waals surface area contributed by atoms with Gasteiger partial charge in [0, 0.05) is 13.8 Å². The van der Waals surface area contributed by atoms with E-state index in [0.29, 0.717) is 5.57 Å². The number of esters is 2. The van der Waals surface area contributed by atoms with Crippen molar-refractivity contribution in [2.75, 3.05) is 0 Å². The summed E-state index contributed by atoms with van der Waals surface area (Å²) in [5.74, 6) is -2.50. The minimum atomic E-state index is -1.22. The minimum absolute atomic E-state index is 0.0173. The third kappa shape index (κ3) is 3.21. The molecule has 1 saturated heterocycles. The van der Waals surface area contributed by atoms with E-state index in [-0.39, 0.29) is 11.0 Å². The third-order valence-corrected chi connectivity index (χ3v) is 3.62. The Bertz CT molecular complexity index is 638. The van der Waals surface area contributed by atoms with Gasteiger partial charge in [0.2, 0.25) is 0 Å². The Hall–Kier alpha value is -2.10. The highest BCUT2D eigenvalue weighted by molar-refractivity contribution is 6.20. The lowest BCUT2D eigenvalue weighted by molar-refractivity contribution is -0.222. The first-order chi connectivity index (χ1) is 10.0. The van der Waals surface area contributed by atoms with Crippen molar-refractivity contribution >= 4 is 17.5 Å². The maximum atomic E-state index is 12.1. The van der Waals surface area contributed by atoms with E-state index in [1.165, 1.54) is 13.8 Å². The number of carbonyl (C=O) groups excluding carboxylic acids is 2. The quantitative estimate of drug-likeness (QED) is 0.452. The SMILES string of the molecule is CC(=C1C(=O)OC(C)(C)OC1=O)c1cccc(C(C)(C)C)c1. The van der Waals surface area contributed by atoms with Crippen molar-refractivity contribution in [1.82, 2.24) is 0 Å². The van der Waals surface area contributed by atoms with E-state index in [1.807, 2.05) is 24.3 Å².